The summed E-state index contributed by atoms with van der Waals surface area (Å²) in [6.07, 6.45) is 0. The number of hydrogen-bond acceptors (Lipinski definition) is 1. The number of aryl methyl sites for hydroxylation is 3. The second-order valence-corrected chi connectivity index (χ2v) is 5.87. The average molecular weight is 263 g/mol. The predicted molar refractivity (Wildman–Crippen MR) is 85.1 cm³/mol. The van der Waals surface area contributed by atoms with Gasteiger partial charge in [-0.3, -0.25) is 4.79 Å². The van der Waals surface area contributed by atoms with Crippen LogP contribution >= 0.6 is 8.58 Å². The number of carbonyl (C=O) groups is 1. The molecule has 0 amide bonds. The van der Waals surface area contributed by atoms with Gasteiger partial charge in [-0.05, 0) is 45.8 Å². The Kier molecular flexibility index (Phi) is 6.02. The standard InChI is InChI=1S/C16H17OP.Li/c1-11-7-9-14(10-8-11)18-16(17)15-12(2)5-4-6-13(15)3;/h4-10,18H,1-3H3;. The first kappa shape index (κ1) is 16.2. The van der Waals surface area contributed by atoms with Gasteiger partial charge >= 0.3 is 0 Å². The molecule has 0 bridgehead atoms. The summed E-state index contributed by atoms with van der Waals surface area (Å²) < 4.78 is 0. The molecule has 0 aliphatic rings. The van der Waals surface area contributed by atoms with Crippen molar-refractivity contribution in [2.75, 3.05) is 0 Å². The fourth-order valence-electron chi connectivity index (χ4n) is 2.00. The molecular weight excluding hydrogens is 246 g/mol. The predicted octanol–water partition coefficient (Wildman–Crippen LogP) is 3.38. The van der Waals surface area contributed by atoms with Gasteiger partial charge in [0.2, 0.25) is 0 Å². The molecule has 0 N–H and O–H groups in total. The molecule has 1 unspecified atom stereocenters. The van der Waals surface area contributed by atoms with Crippen molar-refractivity contribution in [2.24, 2.45) is 0 Å². The molecule has 0 heterocycles. The van der Waals surface area contributed by atoms with Crippen molar-refractivity contribution < 1.29 is 4.79 Å². The zero-order valence-electron chi connectivity index (χ0n) is 11.9. The fraction of sp³-hybridized carbons (Fsp3) is 0.188. The molecule has 0 aliphatic heterocycles. The second kappa shape index (κ2) is 7.06. The normalized spacial score (nSPS) is 10.5. The van der Waals surface area contributed by atoms with Crippen LogP contribution in [-0.4, -0.2) is 24.4 Å². The summed E-state index contributed by atoms with van der Waals surface area (Å²) in [5, 5.41) is 1.10. The first-order valence-corrected chi connectivity index (χ1v) is 7.02. The van der Waals surface area contributed by atoms with E-state index in [1.54, 1.807) is 0 Å². The van der Waals surface area contributed by atoms with E-state index in [4.69, 9.17) is 0 Å². The van der Waals surface area contributed by atoms with Crippen molar-refractivity contribution in [1.29, 1.82) is 0 Å². The van der Waals surface area contributed by atoms with Gasteiger partial charge in [0.25, 0.3) is 0 Å². The third kappa shape index (κ3) is 4.05. The van der Waals surface area contributed by atoms with Crippen LogP contribution in [0.2, 0.25) is 0 Å². The van der Waals surface area contributed by atoms with Gasteiger partial charge in [0, 0.05) is 24.4 Å². The zero-order valence-corrected chi connectivity index (χ0v) is 12.9. The quantitative estimate of drug-likeness (QED) is 0.613. The minimum atomic E-state index is 0. The van der Waals surface area contributed by atoms with E-state index < -0.39 is 0 Å². The Bertz CT molecular complexity index is 556. The number of rotatable bonds is 3. The molecule has 0 spiro atoms. The monoisotopic (exact) mass is 263 g/mol. The van der Waals surface area contributed by atoms with Crippen molar-refractivity contribution in [3.05, 3.63) is 64.7 Å². The largest absolute Gasteiger partial charge is 0.289 e. The summed E-state index contributed by atoms with van der Waals surface area (Å²) in [6.45, 7) is 6.06. The van der Waals surface area contributed by atoms with Crippen LogP contribution in [0, 0.1) is 20.8 Å². The van der Waals surface area contributed by atoms with Crippen LogP contribution < -0.4 is 5.30 Å². The van der Waals surface area contributed by atoms with Crippen molar-refractivity contribution in [1.82, 2.24) is 0 Å². The summed E-state index contributed by atoms with van der Waals surface area (Å²) in [5.74, 6) is 0. The molecule has 0 saturated heterocycles. The summed E-state index contributed by atoms with van der Waals surface area (Å²) in [5.41, 5.74) is 4.48. The van der Waals surface area contributed by atoms with E-state index in [-0.39, 0.29) is 33.0 Å². The minimum absolute atomic E-state index is 0. The molecule has 3 heteroatoms. The maximum Gasteiger partial charge on any atom is 0.186 e. The van der Waals surface area contributed by atoms with Gasteiger partial charge in [0.15, 0.2) is 5.52 Å². The first-order chi connectivity index (χ1) is 8.58. The average Bonchev–Trinajstić information content (AvgIpc) is 2.32. The Morgan fingerprint density at radius 3 is 1.95 bits per heavy atom. The Labute approximate surface area is 128 Å². The van der Waals surface area contributed by atoms with E-state index in [0.29, 0.717) is 0 Å². The van der Waals surface area contributed by atoms with E-state index in [0.717, 1.165) is 22.0 Å². The summed E-state index contributed by atoms with van der Waals surface area (Å²) in [7, 11) is 0.206. The molecule has 1 nitrogen and oxygen atoms in total. The van der Waals surface area contributed by atoms with Gasteiger partial charge in [0.05, 0.1) is 0 Å². The molecule has 0 aliphatic carbocycles. The molecule has 0 saturated carbocycles. The van der Waals surface area contributed by atoms with Crippen molar-refractivity contribution in [3.8, 4) is 0 Å². The van der Waals surface area contributed by atoms with E-state index in [9.17, 15) is 4.79 Å². The van der Waals surface area contributed by atoms with Gasteiger partial charge < -0.3 is 0 Å². The van der Waals surface area contributed by atoms with Crippen LogP contribution in [0.15, 0.2) is 42.5 Å². The van der Waals surface area contributed by atoms with Crippen LogP contribution in [0.4, 0.5) is 0 Å². The molecule has 0 fully saturated rings. The third-order valence-corrected chi connectivity index (χ3v) is 4.12. The van der Waals surface area contributed by atoms with Crippen molar-refractivity contribution in [3.63, 3.8) is 0 Å². The zero-order chi connectivity index (χ0) is 13.1. The second-order valence-electron chi connectivity index (χ2n) is 4.59. The molecule has 2 aromatic rings. The number of hydrogen-bond donors (Lipinski definition) is 0. The van der Waals surface area contributed by atoms with E-state index in [1.807, 2.05) is 44.2 Å². The molecule has 93 valence electrons. The van der Waals surface area contributed by atoms with Gasteiger partial charge in [-0.15, -0.1) is 0 Å². The van der Waals surface area contributed by atoms with Crippen LogP contribution in [0.5, 0.6) is 0 Å². The molecule has 19 heavy (non-hydrogen) atoms. The molecule has 1 atom stereocenters. The van der Waals surface area contributed by atoms with E-state index in [2.05, 4.69) is 19.1 Å². The van der Waals surface area contributed by atoms with Crippen LogP contribution in [0.1, 0.15) is 27.0 Å². The molecule has 0 aromatic heterocycles. The molecule has 2 rings (SSSR count). The Balaban J connectivity index is 0.00000180. The van der Waals surface area contributed by atoms with Crippen LogP contribution in [-0.2, 0) is 0 Å². The van der Waals surface area contributed by atoms with Gasteiger partial charge in [0.1, 0.15) is 0 Å². The van der Waals surface area contributed by atoms with Gasteiger partial charge in [-0.1, -0.05) is 48.0 Å². The smallest absolute Gasteiger partial charge is 0.186 e. The maximum atomic E-state index is 12.4. The molecule has 1 radical (unpaired) electrons. The van der Waals surface area contributed by atoms with E-state index in [1.165, 1.54) is 5.56 Å². The van der Waals surface area contributed by atoms with Gasteiger partial charge in [-0.25, -0.2) is 0 Å². The Morgan fingerprint density at radius 2 is 1.42 bits per heavy atom. The van der Waals surface area contributed by atoms with Crippen molar-refractivity contribution >= 4 is 38.3 Å². The third-order valence-electron chi connectivity index (χ3n) is 3.02. The van der Waals surface area contributed by atoms with Gasteiger partial charge in [-0.2, -0.15) is 0 Å². The minimum Gasteiger partial charge on any atom is -0.289 e. The summed E-state index contributed by atoms with van der Waals surface area (Å²) in [4.78, 5) is 12.4. The fourth-order valence-corrected chi connectivity index (χ4v) is 3.12. The molecule has 2 aromatic carbocycles. The first-order valence-electron chi connectivity index (χ1n) is 6.02. The summed E-state index contributed by atoms with van der Waals surface area (Å²) in [6, 6.07) is 14.2. The molecular formula is C16H17LiOP. The van der Waals surface area contributed by atoms with E-state index >= 15 is 0 Å². The van der Waals surface area contributed by atoms with Crippen molar-refractivity contribution in [2.45, 2.75) is 20.8 Å². The topological polar surface area (TPSA) is 17.1 Å². The SMILES string of the molecule is Cc1ccc(PC(=O)c2c(C)cccc2C)cc1.[Li]. The number of benzene rings is 2. The Morgan fingerprint density at radius 1 is 0.895 bits per heavy atom. The number of carbonyl (C=O) groups excluding carboxylic acids is 1. The van der Waals surface area contributed by atoms with Crippen LogP contribution in [0.25, 0.3) is 0 Å². The van der Waals surface area contributed by atoms with Crippen LogP contribution in [0.3, 0.4) is 0 Å². The maximum absolute atomic E-state index is 12.4. The summed E-state index contributed by atoms with van der Waals surface area (Å²) >= 11 is 0. The Hall–Kier alpha value is -0.863.